The lowest BCUT2D eigenvalue weighted by atomic mass is 9.85. The zero-order valence-electron chi connectivity index (χ0n) is 28.3. The first-order valence-electron chi connectivity index (χ1n) is 16.2. The third-order valence-electron chi connectivity index (χ3n) is 7.94. The van der Waals surface area contributed by atoms with Crippen molar-refractivity contribution in [2.75, 3.05) is 19.8 Å². The van der Waals surface area contributed by atoms with Crippen LogP contribution >= 0.6 is 0 Å². The molecule has 1 heterocycles. The van der Waals surface area contributed by atoms with Gasteiger partial charge in [-0.05, 0) is 55.9 Å². The Morgan fingerprint density at radius 3 is 2.19 bits per heavy atom. The molecule has 260 valence electrons. The van der Waals surface area contributed by atoms with Crippen LogP contribution in [-0.2, 0) is 51.2 Å². The van der Waals surface area contributed by atoms with Gasteiger partial charge >= 0.3 is 12.1 Å². The molecular weight excluding hydrogens is 618 g/mol. The molecule has 0 spiro atoms. The number of ether oxygens (including phenoxy) is 4. The molecule has 1 fully saturated rings. The van der Waals surface area contributed by atoms with Gasteiger partial charge in [-0.1, -0.05) is 74.5 Å². The smallest absolute Gasteiger partial charge is 0.417 e. The monoisotopic (exact) mass is 665 g/mol. The number of rotatable bonds is 19. The van der Waals surface area contributed by atoms with E-state index in [9.17, 15) is 29.1 Å². The number of benzene rings is 2. The Bertz CT molecular complexity index is 1410. The van der Waals surface area contributed by atoms with Crippen molar-refractivity contribution in [1.29, 1.82) is 0 Å². The fraction of sp³-hybridized carbons (Fsp3) is 0.486. The van der Waals surface area contributed by atoms with E-state index < -0.39 is 53.5 Å². The van der Waals surface area contributed by atoms with E-state index in [2.05, 4.69) is 0 Å². The Kier molecular flexibility index (Phi) is 14.6. The number of carbonyl (C=O) groups is 5. The molecule has 2 aromatic rings. The number of amides is 2. The first-order chi connectivity index (χ1) is 22.8. The van der Waals surface area contributed by atoms with Gasteiger partial charge in [-0.2, -0.15) is 0 Å². The molecule has 0 bridgehead atoms. The first kappa shape index (κ1) is 38.3. The van der Waals surface area contributed by atoms with Gasteiger partial charge in [0.15, 0.2) is 17.7 Å². The molecule has 2 amide bonds. The molecular formula is C37H47NO10. The molecule has 0 aromatic heterocycles. The topological polar surface area (TPSA) is 146 Å². The third kappa shape index (κ3) is 11.2. The van der Waals surface area contributed by atoms with Crippen molar-refractivity contribution < 1.29 is 48.0 Å². The second-order valence-corrected chi connectivity index (χ2v) is 12.7. The molecule has 1 aliphatic rings. The Hall–Kier alpha value is -4.19. The largest absolute Gasteiger partial charge is 0.453 e. The average molecular weight is 666 g/mol. The molecule has 11 heteroatoms. The standard InChI is InChI=1S/C37H47NO10/c1-25(2)34-37(4,5)48-36(44)38(34)35(43)31(21-27-13-8-6-9-14-27)33(47-26(3)40)32(42)19-18-29(41)17-12-20-45-24-30(22-39)46-23-28-15-10-7-11-16-28/h6-11,13-16,18-19,25,30-31,33-34,39H,12,17,20-24H2,1-5H3. The van der Waals surface area contributed by atoms with Crippen LogP contribution in [0.4, 0.5) is 4.79 Å². The second-order valence-electron chi connectivity index (χ2n) is 12.7. The summed E-state index contributed by atoms with van der Waals surface area (Å²) in [6, 6.07) is 17.8. The minimum atomic E-state index is -1.60. The highest BCUT2D eigenvalue weighted by molar-refractivity contribution is 6.05. The average Bonchev–Trinajstić information content (AvgIpc) is 3.31. The SMILES string of the molecule is CC(=O)OC(C(=O)C=CC(=O)CCCOCC(CO)OCc1ccccc1)C(Cc1ccccc1)C(=O)N1C(=O)OC(C)(C)C1C(C)C. The summed E-state index contributed by atoms with van der Waals surface area (Å²) >= 11 is 0. The van der Waals surface area contributed by atoms with Gasteiger partial charge in [-0.25, -0.2) is 9.69 Å². The zero-order chi connectivity index (χ0) is 35.3. The maximum atomic E-state index is 14.2. The number of allylic oxidation sites excluding steroid dienone is 1. The molecule has 4 atom stereocenters. The number of hydrogen-bond acceptors (Lipinski definition) is 10. The fourth-order valence-corrected chi connectivity index (χ4v) is 5.83. The van der Waals surface area contributed by atoms with E-state index in [1.54, 1.807) is 44.2 Å². The zero-order valence-corrected chi connectivity index (χ0v) is 28.3. The Morgan fingerprint density at radius 1 is 0.979 bits per heavy atom. The van der Waals surface area contributed by atoms with E-state index in [-0.39, 0.29) is 44.4 Å². The summed E-state index contributed by atoms with van der Waals surface area (Å²) in [5.74, 6) is -4.09. The van der Waals surface area contributed by atoms with Gasteiger partial charge in [0.05, 0.1) is 31.8 Å². The van der Waals surface area contributed by atoms with Crippen LogP contribution in [0, 0.1) is 11.8 Å². The molecule has 2 aromatic carbocycles. The third-order valence-corrected chi connectivity index (χ3v) is 7.94. The van der Waals surface area contributed by atoms with Gasteiger partial charge in [0.2, 0.25) is 5.91 Å². The number of aliphatic hydroxyl groups is 1. The lowest BCUT2D eigenvalue weighted by Gasteiger charge is -2.34. The lowest BCUT2D eigenvalue weighted by Crippen LogP contribution is -2.53. The molecule has 1 N–H and O–H groups in total. The number of nitrogens with zero attached hydrogens (tertiary/aromatic N) is 1. The van der Waals surface area contributed by atoms with Gasteiger partial charge in [0.1, 0.15) is 11.7 Å². The van der Waals surface area contributed by atoms with Gasteiger partial charge in [0.25, 0.3) is 0 Å². The summed E-state index contributed by atoms with van der Waals surface area (Å²) in [4.78, 5) is 66.6. The van der Waals surface area contributed by atoms with Gasteiger partial charge in [-0.3, -0.25) is 19.2 Å². The highest BCUT2D eigenvalue weighted by Crippen LogP contribution is 2.36. The summed E-state index contributed by atoms with van der Waals surface area (Å²) < 4.78 is 22.2. The Morgan fingerprint density at radius 2 is 1.60 bits per heavy atom. The van der Waals surface area contributed by atoms with E-state index in [0.717, 1.165) is 29.5 Å². The number of aliphatic hydroxyl groups excluding tert-OH is 1. The molecule has 4 unspecified atom stereocenters. The van der Waals surface area contributed by atoms with Crippen molar-refractivity contribution in [2.45, 2.75) is 84.3 Å². The van der Waals surface area contributed by atoms with Crippen LogP contribution in [-0.4, -0.2) is 83.2 Å². The first-order valence-corrected chi connectivity index (χ1v) is 16.2. The fourth-order valence-electron chi connectivity index (χ4n) is 5.83. The summed E-state index contributed by atoms with van der Waals surface area (Å²) in [7, 11) is 0. The number of cyclic esters (lactones) is 1. The van der Waals surface area contributed by atoms with Gasteiger partial charge in [0, 0.05) is 20.0 Å². The summed E-state index contributed by atoms with van der Waals surface area (Å²) in [6.45, 7) is 8.76. The van der Waals surface area contributed by atoms with Crippen molar-refractivity contribution in [3.05, 3.63) is 83.9 Å². The summed E-state index contributed by atoms with van der Waals surface area (Å²) in [5, 5.41) is 9.58. The highest BCUT2D eigenvalue weighted by Gasteiger charge is 2.54. The highest BCUT2D eigenvalue weighted by atomic mass is 16.6. The number of carbonyl (C=O) groups excluding carboxylic acids is 5. The number of esters is 1. The van der Waals surface area contributed by atoms with Crippen LogP contribution in [0.2, 0.25) is 0 Å². The van der Waals surface area contributed by atoms with E-state index in [0.29, 0.717) is 18.6 Å². The predicted molar refractivity (Wildman–Crippen MR) is 177 cm³/mol. The minimum absolute atomic E-state index is 0.0125. The normalized spacial score (nSPS) is 17.6. The van der Waals surface area contributed by atoms with E-state index >= 15 is 0 Å². The van der Waals surface area contributed by atoms with Crippen molar-refractivity contribution in [2.24, 2.45) is 11.8 Å². The summed E-state index contributed by atoms with van der Waals surface area (Å²) in [5.41, 5.74) is 0.670. The second kappa shape index (κ2) is 18.4. The molecule has 0 aliphatic carbocycles. The van der Waals surface area contributed by atoms with E-state index in [1.165, 1.54) is 0 Å². The molecule has 1 saturated heterocycles. The van der Waals surface area contributed by atoms with Crippen molar-refractivity contribution in [3.8, 4) is 0 Å². The number of ketones is 2. The maximum Gasteiger partial charge on any atom is 0.417 e. The Labute approximate surface area is 282 Å². The van der Waals surface area contributed by atoms with Crippen LogP contribution < -0.4 is 0 Å². The minimum Gasteiger partial charge on any atom is -0.453 e. The molecule has 1 aliphatic heterocycles. The summed E-state index contributed by atoms with van der Waals surface area (Å²) in [6.07, 6.45) is -0.461. The molecule has 48 heavy (non-hydrogen) atoms. The van der Waals surface area contributed by atoms with Crippen molar-refractivity contribution in [3.63, 3.8) is 0 Å². The van der Waals surface area contributed by atoms with Gasteiger partial charge < -0.3 is 24.1 Å². The number of imide groups is 1. The molecule has 3 rings (SSSR count). The molecule has 0 saturated carbocycles. The van der Waals surface area contributed by atoms with Crippen molar-refractivity contribution in [1.82, 2.24) is 4.90 Å². The lowest BCUT2D eigenvalue weighted by molar-refractivity contribution is -0.159. The molecule has 0 radical (unpaired) electrons. The van der Waals surface area contributed by atoms with E-state index in [1.807, 2.05) is 44.2 Å². The predicted octanol–water partition coefficient (Wildman–Crippen LogP) is 4.63. The van der Waals surface area contributed by atoms with Crippen LogP contribution in [0.1, 0.15) is 58.6 Å². The molecule has 11 nitrogen and oxygen atoms in total. The van der Waals surface area contributed by atoms with Crippen LogP contribution in [0.5, 0.6) is 0 Å². The van der Waals surface area contributed by atoms with Crippen LogP contribution in [0.3, 0.4) is 0 Å². The van der Waals surface area contributed by atoms with Gasteiger partial charge in [-0.15, -0.1) is 0 Å². The van der Waals surface area contributed by atoms with Crippen molar-refractivity contribution >= 4 is 29.5 Å². The quantitative estimate of drug-likeness (QED) is 0.128. The van der Waals surface area contributed by atoms with Crippen LogP contribution in [0.25, 0.3) is 0 Å². The van der Waals surface area contributed by atoms with Crippen LogP contribution in [0.15, 0.2) is 72.8 Å². The number of hydrogen-bond donors (Lipinski definition) is 1. The maximum absolute atomic E-state index is 14.2. The van der Waals surface area contributed by atoms with E-state index in [4.69, 9.17) is 18.9 Å². The Balaban J connectivity index is 1.66.